The molecule has 102 valence electrons. The Morgan fingerprint density at radius 2 is 1.67 bits per heavy atom. The molecule has 0 bridgehead atoms. The first-order valence-electron chi connectivity index (χ1n) is 4.08. The molecule has 0 unspecified atom stereocenters. The first-order valence-corrected chi connectivity index (χ1v) is 5.69. The van der Waals surface area contributed by atoms with E-state index in [1.807, 2.05) is 0 Å². The highest BCUT2D eigenvalue weighted by Gasteiger charge is 2.34. The van der Waals surface area contributed by atoms with Crippen LogP contribution in [0.2, 0.25) is 0 Å². The SMILES string of the molecule is Nc1cc(OC(F)(F)F)c(Br)cc1SC(F)(F)F. The first-order chi connectivity index (χ1) is 7.98. The summed E-state index contributed by atoms with van der Waals surface area (Å²) >= 11 is 2.16. The zero-order valence-electron chi connectivity index (χ0n) is 8.19. The van der Waals surface area contributed by atoms with E-state index in [1.54, 1.807) is 0 Å². The van der Waals surface area contributed by atoms with Crippen molar-refractivity contribution in [2.45, 2.75) is 16.8 Å². The fourth-order valence-corrected chi connectivity index (χ4v) is 2.15. The van der Waals surface area contributed by atoms with Crippen molar-refractivity contribution in [1.29, 1.82) is 0 Å². The second-order valence-corrected chi connectivity index (χ2v) is 4.88. The lowest BCUT2D eigenvalue weighted by Crippen LogP contribution is -2.17. The summed E-state index contributed by atoms with van der Waals surface area (Å²) < 4.78 is 75.5. The van der Waals surface area contributed by atoms with Gasteiger partial charge in [0, 0.05) is 16.6 Å². The number of rotatable bonds is 2. The molecule has 1 aromatic carbocycles. The van der Waals surface area contributed by atoms with Crippen LogP contribution < -0.4 is 10.5 Å². The standard InChI is InChI=1S/C8H4BrF6NOS/c9-3-1-6(18-8(13,14)15)4(16)2-5(3)17-7(10,11)12/h1-2H,16H2. The lowest BCUT2D eigenvalue weighted by atomic mass is 10.3. The summed E-state index contributed by atoms with van der Waals surface area (Å²) in [4.78, 5) is -0.413. The van der Waals surface area contributed by atoms with Crippen LogP contribution in [0.3, 0.4) is 0 Å². The van der Waals surface area contributed by atoms with Gasteiger partial charge < -0.3 is 10.5 Å². The van der Waals surface area contributed by atoms with E-state index < -0.39 is 40.0 Å². The summed E-state index contributed by atoms with van der Waals surface area (Å²) in [6.07, 6.45) is -4.95. The Bertz CT molecular complexity index is 405. The Hall–Kier alpha value is -0.770. The predicted molar refractivity (Wildman–Crippen MR) is 57.1 cm³/mol. The maximum Gasteiger partial charge on any atom is 0.573 e. The van der Waals surface area contributed by atoms with Gasteiger partial charge in [-0.2, -0.15) is 13.2 Å². The average Bonchev–Trinajstić information content (AvgIpc) is 2.08. The van der Waals surface area contributed by atoms with E-state index in [9.17, 15) is 26.3 Å². The lowest BCUT2D eigenvalue weighted by molar-refractivity contribution is -0.274. The van der Waals surface area contributed by atoms with Gasteiger partial charge in [-0.3, -0.25) is 0 Å². The first kappa shape index (κ1) is 15.3. The Morgan fingerprint density at radius 3 is 2.11 bits per heavy atom. The van der Waals surface area contributed by atoms with Crippen LogP contribution in [0.4, 0.5) is 32.0 Å². The Kier molecular flexibility index (Phi) is 4.31. The molecule has 0 aliphatic heterocycles. The van der Waals surface area contributed by atoms with Crippen molar-refractivity contribution in [2.24, 2.45) is 0 Å². The fraction of sp³-hybridized carbons (Fsp3) is 0.250. The minimum absolute atomic E-state index is 0.277. The van der Waals surface area contributed by atoms with E-state index in [0.29, 0.717) is 6.07 Å². The van der Waals surface area contributed by atoms with Crippen LogP contribution in [0.25, 0.3) is 0 Å². The maximum atomic E-state index is 12.1. The highest BCUT2D eigenvalue weighted by atomic mass is 79.9. The summed E-state index contributed by atoms with van der Waals surface area (Å²) in [5.41, 5.74) is 0.185. The quantitative estimate of drug-likeness (QED) is 0.480. The van der Waals surface area contributed by atoms with E-state index in [0.717, 1.165) is 6.07 Å². The van der Waals surface area contributed by atoms with E-state index >= 15 is 0 Å². The zero-order valence-corrected chi connectivity index (χ0v) is 10.6. The number of halogens is 7. The second kappa shape index (κ2) is 5.08. The molecule has 0 spiro atoms. The lowest BCUT2D eigenvalue weighted by Gasteiger charge is -2.14. The predicted octanol–water partition coefficient (Wildman–Crippen LogP) is 4.54. The van der Waals surface area contributed by atoms with Gasteiger partial charge in [0.25, 0.3) is 0 Å². The zero-order chi connectivity index (χ0) is 14.1. The van der Waals surface area contributed by atoms with Crippen molar-refractivity contribution >= 4 is 33.4 Å². The van der Waals surface area contributed by atoms with Crippen molar-refractivity contribution in [3.8, 4) is 5.75 Å². The number of nitrogens with two attached hydrogens (primary N) is 1. The summed E-state index contributed by atoms with van der Waals surface area (Å²) in [5, 5.41) is 0. The number of thioether (sulfide) groups is 1. The molecule has 0 saturated carbocycles. The van der Waals surface area contributed by atoms with Gasteiger partial charge in [0.1, 0.15) is 5.75 Å². The smallest absolute Gasteiger partial charge is 0.405 e. The van der Waals surface area contributed by atoms with Crippen LogP contribution >= 0.6 is 27.7 Å². The fourth-order valence-electron chi connectivity index (χ4n) is 0.967. The molecule has 0 aliphatic carbocycles. The van der Waals surface area contributed by atoms with Crippen LogP contribution in [0, 0.1) is 0 Å². The highest BCUT2D eigenvalue weighted by molar-refractivity contribution is 9.10. The molecule has 10 heteroatoms. The van der Waals surface area contributed by atoms with Crippen molar-refractivity contribution in [3.05, 3.63) is 16.6 Å². The van der Waals surface area contributed by atoms with Crippen LogP contribution in [0.5, 0.6) is 5.75 Å². The Labute approximate surface area is 110 Å². The average molecular weight is 356 g/mol. The number of anilines is 1. The number of nitrogen functional groups attached to an aromatic ring is 1. The number of ether oxygens (including phenoxy) is 1. The van der Waals surface area contributed by atoms with Crippen LogP contribution in [-0.4, -0.2) is 11.9 Å². The van der Waals surface area contributed by atoms with Crippen LogP contribution in [0.15, 0.2) is 21.5 Å². The van der Waals surface area contributed by atoms with Gasteiger partial charge in [-0.15, -0.1) is 13.2 Å². The molecule has 2 nitrogen and oxygen atoms in total. The van der Waals surface area contributed by atoms with Gasteiger partial charge >= 0.3 is 11.9 Å². The maximum absolute atomic E-state index is 12.1. The minimum atomic E-state index is -4.95. The molecule has 0 aromatic heterocycles. The van der Waals surface area contributed by atoms with E-state index in [1.165, 1.54) is 0 Å². The minimum Gasteiger partial charge on any atom is -0.405 e. The Morgan fingerprint density at radius 1 is 1.11 bits per heavy atom. The molecular formula is C8H4BrF6NOS. The van der Waals surface area contributed by atoms with E-state index in [2.05, 4.69) is 20.7 Å². The Balaban J connectivity index is 3.05. The van der Waals surface area contributed by atoms with Crippen molar-refractivity contribution in [2.75, 3.05) is 5.73 Å². The monoisotopic (exact) mass is 355 g/mol. The molecule has 1 rings (SSSR count). The van der Waals surface area contributed by atoms with Gasteiger partial charge in [0.15, 0.2) is 0 Å². The van der Waals surface area contributed by atoms with E-state index in [-0.39, 0.29) is 4.47 Å². The number of benzene rings is 1. The van der Waals surface area contributed by atoms with Crippen LogP contribution in [0.1, 0.15) is 0 Å². The molecule has 2 N–H and O–H groups in total. The van der Waals surface area contributed by atoms with Gasteiger partial charge in [-0.25, -0.2) is 0 Å². The largest absolute Gasteiger partial charge is 0.573 e. The molecule has 0 radical (unpaired) electrons. The van der Waals surface area contributed by atoms with E-state index in [4.69, 9.17) is 5.73 Å². The summed E-state index contributed by atoms with van der Waals surface area (Å²) in [6.45, 7) is 0. The van der Waals surface area contributed by atoms with Crippen molar-refractivity contribution < 1.29 is 31.1 Å². The van der Waals surface area contributed by atoms with Crippen LogP contribution in [-0.2, 0) is 0 Å². The van der Waals surface area contributed by atoms with Gasteiger partial charge in [-0.1, -0.05) is 0 Å². The molecule has 0 fully saturated rings. The molecule has 18 heavy (non-hydrogen) atoms. The second-order valence-electron chi connectivity index (χ2n) is 2.92. The molecule has 0 saturated heterocycles. The third-order valence-corrected chi connectivity index (χ3v) is 2.94. The summed E-state index contributed by atoms with van der Waals surface area (Å²) in [5.74, 6) is -0.702. The van der Waals surface area contributed by atoms with Crippen molar-refractivity contribution in [1.82, 2.24) is 0 Å². The number of hydrogen-bond acceptors (Lipinski definition) is 3. The topological polar surface area (TPSA) is 35.2 Å². The van der Waals surface area contributed by atoms with Gasteiger partial charge in [0.2, 0.25) is 0 Å². The number of hydrogen-bond donors (Lipinski definition) is 1. The summed E-state index contributed by atoms with van der Waals surface area (Å²) in [7, 11) is 0. The van der Waals surface area contributed by atoms with Gasteiger partial charge in [-0.05, 0) is 33.8 Å². The highest BCUT2D eigenvalue weighted by Crippen LogP contribution is 2.43. The van der Waals surface area contributed by atoms with Gasteiger partial charge in [0.05, 0.1) is 4.47 Å². The molecule has 0 atom stereocenters. The molecule has 1 aromatic rings. The number of alkyl halides is 6. The normalized spacial score (nSPS) is 12.6. The molecule has 0 aliphatic rings. The molecule has 0 amide bonds. The molecule has 0 heterocycles. The third kappa shape index (κ3) is 4.84. The summed E-state index contributed by atoms with van der Waals surface area (Å²) in [6, 6.07) is 1.49. The third-order valence-electron chi connectivity index (χ3n) is 1.52. The van der Waals surface area contributed by atoms with Crippen molar-refractivity contribution in [3.63, 3.8) is 0 Å². The molecular weight excluding hydrogens is 352 g/mol.